The van der Waals surface area contributed by atoms with Crippen LogP contribution in [0.2, 0.25) is 0 Å². The molecule has 2 aliphatic rings. The van der Waals surface area contributed by atoms with Crippen LogP contribution >= 0.6 is 23.1 Å². The predicted molar refractivity (Wildman–Crippen MR) is 103 cm³/mol. The van der Waals surface area contributed by atoms with Gasteiger partial charge in [-0.1, -0.05) is 11.8 Å². The van der Waals surface area contributed by atoms with Crippen LogP contribution in [0.15, 0.2) is 27.6 Å². The van der Waals surface area contributed by atoms with Crippen molar-refractivity contribution in [3.63, 3.8) is 0 Å². The number of carbonyl (C=O) groups excluding carboxylic acids is 1. The number of aryl methyl sites for hydroxylation is 1. The number of ether oxygens (including phenoxy) is 1. The van der Waals surface area contributed by atoms with Gasteiger partial charge in [0.2, 0.25) is 5.91 Å². The molecule has 0 aliphatic carbocycles. The van der Waals surface area contributed by atoms with Crippen molar-refractivity contribution in [2.75, 3.05) is 18.6 Å². The number of aliphatic hydroxyl groups is 1. The molecule has 8 heteroatoms. The Hall–Kier alpha value is -1.48. The normalized spacial score (nSPS) is 25.6. The first-order valence-electron chi connectivity index (χ1n) is 8.91. The lowest BCUT2D eigenvalue weighted by Gasteiger charge is -2.35. The van der Waals surface area contributed by atoms with Gasteiger partial charge >= 0.3 is 0 Å². The molecule has 0 bridgehead atoms. The fourth-order valence-electron chi connectivity index (χ4n) is 3.57. The van der Waals surface area contributed by atoms with Gasteiger partial charge in [0.1, 0.15) is 11.4 Å². The Morgan fingerprint density at radius 2 is 2.26 bits per heavy atom. The van der Waals surface area contributed by atoms with E-state index in [1.807, 2.05) is 13.0 Å². The summed E-state index contributed by atoms with van der Waals surface area (Å²) >= 11 is 2.75. The van der Waals surface area contributed by atoms with Crippen LogP contribution in [0, 0.1) is 5.82 Å². The SMILES string of the molecule is CN1C(=O)CCc2cc(Sc3ncc(C4(C)CC(O)CCO4)s3)c(F)cc21. The number of amides is 1. The maximum atomic E-state index is 14.6. The van der Waals surface area contributed by atoms with E-state index >= 15 is 0 Å². The van der Waals surface area contributed by atoms with Crippen LogP contribution in [0.25, 0.3) is 0 Å². The lowest BCUT2D eigenvalue weighted by molar-refractivity contribution is -0.118. The van der Waals surface area contributed by atoms with Crippen LogP contribution in [-0.4, -0.2) is 35.8 Å². The summed E-state index contributed by atoms with van der Waals surface area (Å²) in [5, 5.41) is 9.96. The van der Waals surface area contributed by atoms with Gasteiger partial charge in [-0.05, 0) is 37.5 Å². The lowest BCUT2D eigenvalue weighted by Crippen LogP contribution is -2.36. The highest BCUT2D eigenvalue weighted by Crippen LogP contribution is 2.42. The number of rotatable bonds is 3. The van der Waals surface area contributed by atoms with Gasteiger partial charge in [0.15, 0.2) is 4.34 Å². The van der Waals surface area contributed by atoms with Crippen molar-refractivity contribution in [2.24, 2.45) is 0 Å². The molecule has 27 heavy (non-hydrogen) atoms. The summed E-state index contributed by atoms with van der Waals surface area (Å²) in [7, 11) is 1.68. The smallest absolute Gasteiger partial charge is 0.227 e. The Morgan fingerprint density at radius 3 is 3.04 bits per heavy atom. The second-order valence-electron chi connectivity index (χ2n) is 7.18. The van der Waals surface area contributed by atoms with Crippen LogP contribution in [0.1, 0.15) is 36.6 Å². The molecule has 1 aromatic carbocycles. The van der Waals surface area contributed by atoms with Gasteiger partial charge in [0.05, 0.1) is 22.5 Å². The summed E-state index contributed by atoms with van der Waals surface area (Å²) in [4.78, 5) is 19.2. The lowest BCUT2D eigenvalue weighted by atomic mass is 9.93. The molecule has 0 spiro atoms. The first-order chi connectivity index (χ1) is 12.9. The average Bonchev–Trinajstić information content (AvgIpc) is 3.09. The van der Waals surface area contributed by atoms with Crippen LogP contribution < -0.4 is 4.90 Å². The Morgan fingerprint density at radius 1 is 1.44 bits per heavy atom. The second-order valence-corrected chi connectivity index (χ2v) is 9.50. The topological polar surface area (TPSA) is 62.7 Å². The molecule has 2 aliphatic heterocycles. The molecule has 1 aromatic heterocycles. The van der Waals surface area contributed by atoms with Gasteiger partial charge in [-0.2, -0.15) is 0 Å². The second kappa shape index (κ2) is 7.16. The Bertz CT molecular complexity index is 888. The highest BCUT2D eigenvalue weighted by Gasteiger charge is 2.36. The van der Waals surface area contributed by atoms with Gasteiger partial charge in [-0.3, -0.25) is 4.79 Å². The molecule has 0 saturated carbocycles. The Labute approximate surface area is 165 Å². The van der Waals surface area contributed by atoms with E-state index in [-0.39, 0.29) is 17.8 Å². The molecule has 144 valence electrons. The number of hydrogen-bond donors (Lipinski definition) is 1. The quantitative estimate of drug-likeness (QED) is 0.839. The fraction of sp³-hybridized carbons (Fsp3) is 0.474. The van der Waals surface area contributed by atoms with Crippen molar-refractivity contribution in [1.29, 1.82) is 0 Å². The zero-order valence-electron chi connectivity index (χ0n) is 15.2. The van der Waals surface area contributed by atoms with Crippen LogP contribution in [0.4, 0.5) is 10.1 Å². The minimum Gasteiger partial charge on any atom is -0.393 e. The standard InChI is InChI=1S/C19H21FN2O3S2/c1-19(9-12(23)5-6-25-19)16-10-21-18(27-16)26-15-7-11-3-4-17(24)22(2)14(11)8-13(15)20/h7-8,10,12,23H,3-6,9H2,1-2H3. The van der Waals surface area contributed by atoms with E-state index in [2.05, 4.69) is 4.98 Å². The first-order valence-corrected chi connectivity index (χ1v) is 10.5. The van der Waals surface area contributed by atoms with Crippen LogP contribution in [0.3, 0.4) is 0 Å². The molecular weight excluding hydrogens is 387 g/mol. The van der Waals surface area contributed by atoms with E-state index in [4.69, 9.17) is 4.74 Å². The van der Waals surface area contributed by atoms with Gasteiger partial charge in [0, 0.05) is 31.8 Å². The molecule has 2 aromatic rings. The van der Waals surface area contributed by atoms with E-state index in [9.17, 15) is 14.3 Å². The summed E-state index contributed by atoms with van der Waals surface area (Å²) < 4.78 is 21.2. The Balaban J connectivity index is 1.57. The molecule has 4 rings (SSSR count). The minimum atomic E-state index is -0.550. The predicted octanol–water partition coefficient (Wildman–Crippen LogP) is 3.73. The van der Waals surface area contributed by atoms with E-state index in [0.29, 0.717) is 42.9 Å². The third kappa shape index (κ3) is 3.63. The monoisotopic (exact) mass is 408 g/mol. The van der Waals surface area contributed by atoms with Crippen LogP contribution in [-0.2, 0) is 21.6 Å². The number of thiazole rings is 1. The third-order valence-corrected chi connectivity index (χ3v) is 7.53. The van der Waals surface area contributed by atoms with Crippen molar-refractivity contribution in [3.05, 3.63) is 34.6 Å². The highest BCUT2D eigenvalue weighted by molar-refractivity contribution is 8.01. The van der Waals surface area contributed by atoms with Gasteiger partial charge in [0.25, 0.3) is 0 Å². The summed E-state index contributed by atoms with van der Waals surface area (Å²) in [5.41, 5.74) is 1.07. The van der Waals surface area contributed by atoms with Crippen LogP contribution in [0.5, 0.6) is 0 Å². The van der Waals surface area contributed by atoms with Gasteiger partial charge in [-0.25, -0.2) is 9.37 Å². The number of halogens is 1. The maximum Gasteiger partial charge on any atom is 0.227 e. The molecule has 3 heterocycles. The van der Waals surface area contributed by atoms with Crippen molar-refractivity contribution >= 4 is 34.7 Å². The molecule has 1 saturated heterocycles. The summed E-state index contributed by atoms with van der Waals surface area (Å²) in [6.45, 7) is 2.48. The highest BCUT2D eigenvalue weighted by atomic mass is 32.2. The van der Waals surface area contributed by atoms with Gasteiger partial charge in [-0.15, -0.1) is 11.3 Å². The molecule has 1 amide bonds. The van der Waals surface area contributed by atoms with Crippen molar-refractivity contribution in [2.45, 2.75) is 53.5 Å². The molecule has 1 N–H and O–H groups in total. The number of nitrogens with zero attached hydrogens (tertiary/aromatic N) is 2. The van der Waals surface area contributed by atoms with Crippen molar-refractivity contribution in [3.8, 4) is 0 Å². The molecule has 5 nitrogen and oxygen atoms in total. The molecule has 1 fully saturated rings. The number of aliphatic hydroxyl groups excluding tert-OH is 1. The molecular formula is C19H21FN2O3S2. The van der Waals surface area contributed by atoms with E-state index in [0.717, 1.165) is 14.8 Å². The minimum absolute atomic E-state index is 0.00906. The zero-order valence-corrected chi connectivity index (χ0v) is 16.8. The van der Waals surface area contributed by atoms with E-state index in [1.165, 1.54) is 34.1 Å². The summed E-state index contributed by atoms with van der Waals surface area (Å²) in [5.74, 6) is -0.345. The van der Waals surface area contributed by atoms with Crippen molar-refractivity contribution in [1.82, 2.24) is 4.98 Å². The number of fused-ring (bicyclic) bond motifs is 1. The molecule has 0 radical (unpaired) electrons. The zero-order chi connectivity index (χ0) is 19.2. The third-order valence-electron chi connectivity index (χ3n) is 5.18. The number of benzene rings is 1. The molecule has 2 atom stereocenters. The maximum absolute atomic E-state index is 14.6. The van der Waals surface area contributed by atoms with E-state index < -0.39 is 5.60 Å². The van der Waals surface area contributed by atoms with E-state index in [1.54, 1.807) is 13.2 Å². The summed E-state index contributed by atoms with van der Waals surface area (Å²) in [6, 6.07) is 3.26. The largest absolute Gasteiger partial charge is 0.393 e. The molecule has 2 unspecified atom stereocenters. The summed E-state index contributed by atoms with van der Waals surface area (Å²) in [6.07, 6.45) is 3.63. The first kappa shape index (κ1) is 18.9. The van der Waals surface area contributed by atoms with Crippen molar-refractivity contribution < 1.29 is 19.0 Å². The average molecular weight is 409 g/mol. The number of carbonyl (C=O) groups is 1. The Kier molecular flexibility index (Phi) is 5.00. The van der Waals surface area contributed by atoms with Gasteiger partial charge < -0.3 is 14.7 Å². The number of aromatic nitrogens is 1. The number of anilines is 1. The fourth-order valence-corrected chi connectivity index (χ4v) is 5.68. The number of hydrogen-bond acceptors (Lipinski definition) is 6.